The number of sulfonamides is 1. The van der Waals surface area contributed by atoms with Gasteiger partial charge < -0.3 is 0 Å². The summed E-state index contributed by atoms with van der Waals surface area (Å²) in [7, 11) is -3.74. The van der Waals surface area contributed by atoms with Gasteiger partial charge in [0.1, 0.15) is 9.86 Å². The average molecular weight is 478 g/mol. The second-order valence-electron chi connectivity index (χ2n) is 6.47. The number of hydrogen-bond donors (Lipinski definition) is 1. The lowest BCUT2D eigenvalue weighted by molar-refractivity contribution is 0.603. The number of thiophene rings is 1. The van der Waals surface area contributed by atoms with E-state index in [-0.39, 0.29) is 9.77 Å². The Kier molecular flexibility index (Phi) is 5.88. The summed E-state index contributed by atoms with van der Waals surface area (Å²) < 4.78 is 29.9. The quantitative estimate of drug-likeness (QED) is 0.403. The second kappa shape index (κ2) is 8.43. The molecule has 3 aromatic heterocycles. The molecule has 0 aliphatic carbocycles. The first-order chi connectivity index (χ1) is 14.3. The number of anilines is 1. The molecule has 0 spiro atoms. The van der Waals surface area contributed by atoms with Crippen molar-refractivity contribution >= 4 is 56.1 Å². The molecule has 0 bridgehead atoms. The van der Waals surface area contributed by atoms with Crippen LogP contribution >= 0.6 is 34.7 Å². The number of benzene rings is 1. The zero-order valence-electron chi connectivity index (χ0n) is 15.7. The van der Waals surface area contributed by atoms with Crippen LogP contribution in [-0.4, -0.2) is 17.8 Å². The Hall–Kier alpha value is -2.33. The Bertz CT molecular complexity index is 1400. The number of hydrogen-bond acceptors (Lipinski definition) is 6. The van der Waals surface area contributed by atoms with Crippen molar-refractivity contribution in [1.29, 1.82) is 0 Å². The fourth-order valence-corrected chi connectivity index (χ4v) is 6.33. The molecule has 6 nitrogen and oxygen atoms in total. The van der Waals surface area contributed by atoms with Crippen LogP contribution in [0.5, 0.6) is 0 Å². The van der Waals surface area contributed by atoms with Crippen LogP contribution < -0.4 is 10.3 Å². The van der Waals surface area contributed by atoms with Crippen LogP contribution in [0.1, 0.15) is 11.3 Å². The molecule has 1 N–H and O–H groups in total. The number of rotatable bonds is 6. The summed E-state index contributed by atoms with van der Waals surface area (Å²) in [6.07, 6.45) is 1.75. The van der Waals surface area contributed by atoms with Crippen LogP contribution in [0.15, 0.2) is 74.7 Å². The smallest absolute Gasteiger partial charge is 0.271 e. The highest BCUT2D eigenvalue weighted by Gasteiger charge is 2.18. The van der Waals surface area contributed by atoms with Crippen molar-refractivity contribution in [2.75, 3.05) is 4.72 Å². The molecule has 0 aliphatic rings. The number of aromatic nitrogens is 2. The number of nitrogens with one attached hydrogen (secondary N) is 1. The van der Waals surface area contributed by atoms with Gasteiger partial charge in [-0.1, -0.05) is 29.8 Å². The molecular formula is C20H16ClN3O3S3. The molecule has 0 fully saturated rings. The van der Waals surface area contributed by atoms with Gasteiger partial charge in [0.25, 0.3) is 15.6 Å². The Balaban J connectivity index is 1.57. The van der Waals surface area contributed by atoms with E-state index in [9.17, 15) is 13.2 Å². The first kappa shape index (κ1) is 20.9. The SMILES string of the molecule is Cc1ccc2nc(CSc3ccccc3NS(=O)(=O)c3ccc(Cl)s3)cc(=O)n2c1. The van der Waals surface area contributed by atoms with Crippen molar-refractivity contribution in [2.45, 2.75) is 21.8 Å². The largest absolute Gasteiger partial charge is 0.278 e. The molecule has 154 valence electrons. The minimum atomic E-state index is -3.74. The highest BCUT2D eigenvalue weighted by molar-refractivity contribution is 7.99. The van der Waals surface area contributed by atoms with Gasteiger partial charge in [0.05, 0.1) is 15.7 Å². The number of fused-ring (bicyclic) bond motifs is 1. The fraction of sp³-hybridized carbons (Fsp3) is 0.100. The Morgan fingerprint density at radius 1 is 1.17 bits per heavy atom. The molecule has 0 unspecified atom stereocenters. The van der Waals surface area contributed by atoms with Crippen LogP contribution in [0, 0.1) is 6.92 Å². The summed E-state index contributed by atoms with van der Waals surface area (Å²) >= 11 is 8.27. The Labute approximate surface area is 186 Å². The first-order valence-electron chi connectivity index (χ1n) is 8.81. The zero-order valence-corrected chi connectivity index (χ0v) is 18.9. The van der Waals surface area contributed by atoms with E-state index in [1.165, 1.54) is 28.3 Å². The van der Waals surface area contributed by atoms with E-state index in [1.807, 2.05) is 25.1 Å². The Morgan fingerprint density at radius 2 is 1.97 bits per heavy atom. The monoisotopic (exact) mass is 477 g/mol. The van der Waals surface area contributed by atoms with Crippen LogP contribution in [0.3, 0.4) is 0 Å². The van der Waals surface area contributed by atoms with Gasteiger partial charge in [-0.15, -0.1) is 23.1 Å². The minimum absolute atomic E-state index is 0.145. The molecule has 0 saturated heterocycles. The highest BCUT2D eigenvalue weighted by Crippen LogP contribution is 2.32. The highest BCUT2D eigenvalue weighted by atomic mass is 35.5. The van der Waals surface area contributed by atoms with Gasteiger partial charge in [-0.25, -0.2) is 13.4 Å². The van der Waals surface area contributed by atoms with Gasteiger partial charge in [0.15, 0.2) is 0 Å². The van der Waals surface area contributed by atoms with Crippen molar-refractivity contribution in [3.63, 3.8) is 0 Å². The third-order valence-corrected chi connectivity index (χ3v) is 8.38. The van der Waals surface area contributed by atoms with Crippen LogP contribution in [0.2, 0.25) is 4.34 Å². The number of nitrogens with zero attached hydrogens (tertiary/aromatic N) is 2. The predicted molar refractivity (Wildman–Crippen MR) is 122 cm³/mol. The van der Waals surface area contributed by atoms with E-state index in [2.05, 4.69) is 9.71 Å². The van der Waals surface area contributed by atoms with Crippen LogP contribution in [-0.2, 0) is 15.8 Å². The summed E-state index contributed by atoms with van der Waals surface area (Å²) in [5.41, 5.74) is 2.48. The van der Waals surface area contributed by atoms with Gasteiger partial charge in [0, 0.05) is 22.9 Å². The lowest BCUT2D eigenvalue weighted by Gasteiger charge is -2.11. The Morgan fingerprint density at radius 3 is 2.73 bits per heavy atom. The zero-order chi connectivity index (χ0) is 21.3. The van der Waals surface area contributed by atoms with Gasteiger partial charge in [-0.2, -0.15) is 0 Å². The predicted octanol–water partition coefficient (Wildman–Crippen LogP) is 4.81. The third kappa shape index (κ3) is 4.54. The molecule has 0 radical (unpaired) electrons. The summed E-state index contributed by atoms with van der Waals surface area (Å²) in [6, 6.07) is 15.3. The van der Waals surface area contributed by atoms with Gasteiger partial charge in [-0.05, 0) is 42.8 Å². The van der Waals surface area contributed by atoms with Crippen LogP contribution in [0.4, 0.5) is 5.69 Å². The molecule has 10 heteroatoms. The van der Waals surface area contributed by atoms with E-state index in [0.29, 0.717) is 27.1 Å². The molecule has 30 heavy (non-hydrogen) atoms. The maximum absolute atomic E-state index is 12.6. The molecule has 0 amide bonds. The normalized spacial score (nSPS) is 11.7. The van der Waals surface area contributed by atoms with Crippen molar-refractivity contribution < 1.29 is 8.42 Å². The molecule has 1 aromatic carbocycles. The van der Waals surface area contributed by atoms with E-state index in [1.54, 1.807) is 30.5 Å². The van der Waals surface area contributed by atoms with Crippen molar-refractivity contribution in [1.82, 2.24) is 9.38 Å². The number of aryl methyl sites for hydroxylation is 1. The third-order valence-electron chi connectivity index (χ3n) is 4.18. The topological polar surface area (TPSA) is 80.5 Å². The summed E-state index contributed by atoms with van der Waals surface area (Å²) in [5, 5.41) is 0. The number of halogens is 1. The summed E-state index contributed by atoms with van der Waals surface area (Å²) in [6.45, 7) is 1.91. The number of thioether (sulfide) groups is 1. The van der Waals surface area contributed by atoms with Gasteiger partial charge >= 0.3 is 0 Å². The lowest BCUT2D eigenvalue weighted by Crippen LogP contribution is -2.15. The summed E-state index contributed by atoms with van der Waals surface area (Å²) in [4.78, 5) is 17.7. The molecule has 4 rings (SSSR count). The molecule has 4 aromatic rings. The molecule has 0 atom stereocenters. The van der Waals surface area contributed by atoms with Gasteiger partial charge in [0.2, 0.25) is 0 Å². The van der Waals surface area contributed by atoms with E-state index >= 15 is 0 Å². The average Bonchev–Trinajstić information content (AvgIpc) is 3.15. The molecular weight excluding hydrogens is 462 g/mol. The first-order valence-corrected chi connectivity index (χ1v) is 12.5. The van der Waals surface area contributed by atoms with E-state index in [4.69, 9.17) is 11.6 Å². The maximum atomic E-state index is 12.6. The standard InChI is InChI=1S/C20H16ClN3O3S3/c1-13-6-8-18-22-14(10-19(25)24(18)11-13)12-28-16-5-3-2-4-15(16)23-30(26,27)20-9-7-17(21)29-20/h2-11,23H,12H2,1H3. The van der Waals surface area contributed by atoms with Crippen molar-refractivity contribution in [3.8, 4) is 0 Å². The lowest BCUT2D eigenvalue weighted by atomic mass is 10.3. The number of para-hydroxylation sites is 1. The maximum Gasteiger partial charge on any atom is 0.271 e. The number of pyridine rings is 1. The van der Waals surface area contributed by atoms with Crippen molar-refractivity contribution in [2.24, 2.45) is 0 Å². The van der Waals surface area contributed by atoms with E-state index in [0.717, 1.165) is 21.8 Å². The summed E-state index contributed by atoms with van der Waals surface area (Å²) in [5.74, 6) is 0.420. The minimum Gasteiger partial charge on any atom is -0.278 e. The van der Waals surface area contributed by atoms with Crippen LogP contribution in [0.25, 0.3) is 5.65 Å². The van der Waals surface area contributed by atoms with Crippen molar-refractivity contribution in [3.05, 3.63) is 86.7 Å². The molecule has 0 saturated carbocycles. The fourth-order valence-electron chi connectivity index (χ4n) is 2.80. The van der Waals surface area contributed by atoms with E-state index < -0.39 is 10.0 Å². The second-order valence-corrected chi connectivity index (χ2v) is 11.1. The molecule has 0 aliphatic heterocycles. The molecule has 3 heterocycles. The van der Waals surface area contributed by atoms with Gasteiger partial charge in [-0.3, -0.25) is 13.9 Å².